The summed E-state index contributed by atoms with van der Waals surface area (Å²) in [7, 11) is 0. The van der Waals surface area contributed by atoms with Gasteiger partial charge in [-0.2, -0.15) is 0 Å². The first-order valence-corrected chi connectivity index (χ1v) is 14.3. The second-order valence-electron chi connectivity index (χ2n) is 11.8. The molecular formula is C30H39ClN2O6. The van der Waals surface area contributed by atoms with Gasteiger partial charge in [-0.1, -0.05) is 41.9 Å². The molecule has 9 heteroatoms. The summed E-state index contributed by atoms with van der Waals surface area (Å²) < 4.78 is 37.9. The van der Waals surface area contributed by atoms with E-state index in [4.69, 9.17) is 40.0 Å². The average Bonchev–Trinajstić information content (AvgIpc) is 3.40. The predicted octanol–water partition coefficient (Wildman–Crippen LogP) is 4.44. The maximum absolute atomic E-state index is 6.54. The first kappa shape index (κ1) is 27.4. The molecule has 6 rings (SSSR count). The summed E-state index contributed by atoms with van der Waals surface area (Å²) in [6.07, 6.45) is -1.55. The summed E-state index contributed by atoms with van der Waals surface area (Å²) in [6.45, 7) is 12.2. The van der Waals surface area contributed by atoms with Crippen molar-refractivity contribution in [3.8, 4) is 0 Å². The van der Waals surface area contributed by atoms with E-state index in [1.54, 1.807) is 0 Å². The van der Waals surface area contributed by atoms with Gasteiger partial charge in [-0.3, -0.25) is 4.90 Å². The van der Waals surface area contributed by atoms with Crippen LogP contribution in [0, 0.1) is 0 Å². The van der Waals surface area contributed by atoms with Crippen molar-refractivity contribution in [3.05, 3.63) is 65.2 Å². The van der Waals surface area contributed by atoms with Gasteiger partial charge in [-0.15, -0.1) is 0 Å². The lowest BCUT2D eigenvalue weighted by Gasteiger charge is -2.45. The van der Waals surface area contributed by atoms with E-state index >= 15 is 0 Å². The quantitative estimate of drug-likeness (QED) is 0.494. The number of anilines is 1. The third kappa shape index (κ3) is 6.14. The van der Waals surface area contributed by atoms with Crippen LogP contribution < -0.4 is 4.90 Å². The molecule has 0 aliphatic carbocycles. The van der Waals surface area contributed by atoms with E-state index in [0.29, 0.717) is 19.8 Å². The smallest absolute Gasteiger partial charge is 0.190 e. The van der Waals surface area contributed by atoms with Gasteiger partial charge in [0, 0.05) is 36.9 Å². The number of hydrogen-bond donors (Lipinski definition) is 0. The molecular weight excluding hydrogens is 520 g/mol. The standard InChI is InChI=1S/C30H39ClN2O6/c1-29(2)36-25-24(35-28-27(26(25)37-29)38-30(3,4)39-28)17-33-15-14-32(22-12-10-21(31)11-13-22)16-23(33)19-34-18-20-8-6-5-7-9-20/h5-13,23-28H,14-19H2,1-4H3/t23-,24-,25+,26+,27-,28-/m1/s1. The minimum absolute atomic E-state index is 0.158. The molecule has 2 aromatic rings. The van der Waals surface area contributed by atoms with Crippen molar-refractivity contribution >= 4 is 17.3 Å². The SMILES string of the molecule is CC1(C)O[C@H]2[C@@H](O1)[C@@H](CN1CCN(c3ccc(Cl)cc3)C[C@@H]1COCc1ccccc1)O[C@@H]1OC(C)(C)O[C@@H]12. The Bertz CT molecular complexity index is 1120. The van der Waals surface area contributed by atoms with Crippen molar-refractivity contribution in [2.75, 3.05) is 37.7 Å². The maximum Gasteiger partial charge on any atom is 0.190 e. The summed E-state index contributed by atoms with van der Waals surface area (Å²) >= 11 is 6.16. The summed E-state index contributed by atoms with van der Waals surface area (Å²) in [5.41, 5.74) is 2.33. The zero-order chi connectivity index (χ0) is 27.2. The molecule has 0 spiro atoms. The number of halogens is 1. The van der Waals surface area contributed by atoms with E-state index in [9.17, 15) is 0 Å². The molecule has 4 saturated heterocycles. The fourth-order valence-electron chi connectivity index (χ4n) is 6.14. The highest BCUT2D eigenvalue weighted by atomic mass is 35.5. The minimum Gasteiger partial charge on any atom is -0.375 e. The Hall–Kier alpha value is -1.75. The van der Waals surface area contributed by atoms with Crippen LogP contribution in [0.3, 0.4) is 0 Å². The first-order valence-electron chi connectivity index (χ1n) is 13.9. The average molecular weight is 559 g/mol. The molecule has 0 bridgehead atoms. The molecule has 39 heavy (non-hydrogen) atoms. The van der Waals surface area contributed by atoms with Gasteiger partial charge in [0.2, 0.25) is 0 Å². The molecule has 4 heterocycles. The van der Waals surface area contributed by atoms with E-state index in [-0.39, 0.29) is 30.5 Å². The number of nitrogens with zero attached hydrogens (tertiary/aromatic N) is 2. The van der Waals surface area contributed by atoms with Crippen molar-refractivity contribution in [2.24, 2.45) is 0 Å². The number of rotatable bonds is 7. The highest BCUT2D eigenvalue weighted by Gasteiger charge is 2.60. The molecule has 2 aromatic carbocycles. The topological polar surface area (TPSA) is 61.9 Å². The maximum atomic E-state index is 6.54. The van der Waals surface area contributed by atoms with Crippen LogP contribution in [0.25, 0.3) is 0 Å². The highest BCUT2D eigenvalue weighted by Crippen LogP contribution is 2.44. The molecule has 0 unspecified atom stereocenters. The monoisotopic (exact) mass is 558 g/mol. The number of ether oxygens (including phenoxy) is 6. The van der Waals surface area contributed by atoms with Gasteiger partial charge in [-0.05, 0) is 57.5 Å². The highest BCUT2D eigenvalue weighted by molar-refractivity contribution is 6.30. The Kier molecular flexibility index (Phi) is 7.67. The third-order valence-electron chi connectivity index (χ3n) is 7.88. The van der Waals surface area contributed by atoms with Crippen LogP contribution in [0.4, 0.5) is 5.69 Å². The fraction of sp³-hybridized carbons (Fsp3) is 0.600. The van der Waals surface area contributed by atoms with E-state index in [2.05, 4.69) is 34.1 Å². The van der Waals surface area contributed by atoms with Crippen LogP contribution in [0.2, 0.25) is 5.02 Å². The van der Waals surface area contributed by atoms with Gasteiger partial charge in [0.05, 0.1) is 19.3 Å². The first-order chi connectivity index (χ1) is 18.7. The lowest BCUT2D eigenvalue weighted by atomic mass is 9.97. The van der Waals surface area contributed by atoms with E-state index in [1.807, 2.05) is 58.0 Å². The van der Waals surface area contributed by atoms with Crippen LogP contribution in [0.5, 0.6) is 0 Å². The van der Waals surface area contributed by atoms with Gasteiger partial charge < -0.3 is 33.3 Å². The zero-order valence-corrected chi connectivity index (χ0v) is 23.9. The van der Waals surface area contributed by atoms with Crippen LogP contribution in [0.1, 0.15) is 33.3 Å². The van der Waals surface area contributed by atoms with Crippen molar-refractivity contribution in [3.63, 3.8) is 0 Å². The minimum atomic E-state index is -0.733. The van der Waals surface area contributed by atoms with Crippen molar-refractivity contribution in [2.45, 2.75) is 82.6 Å². The van der Waals surface area contributed by atoms with Crippen LogP contribution >= 0.6 is 11.6 Å². The molecule has 0 saturated carbocycles. The molecule has 4 aliphatic heterocycles. The third-order valence-corrected chi connectivity index (χ3v) is 8.14. The molecule has 0 N–H and O–H groups in total. The number of piperazine rings is 1. The van der Waals surface area contributed by atoms with Crippen molar-refractivity contribution in [1.29, 1.82) is 0 Å². The van der Waals surface area contributed by atoms with Crippen LogP contribution in [0.15, 0.2) is 54.6 Å². The summed E-state index contributed by atoms with van der Waals surface area (Å²) in [6, 6.07) is 18.5. The van der Waals surface area contributed by atoms with Gasteiger partial charge in [0.25, 0.3) is 0 Å². The number of fused-ring (bicyclic) bond motifs is 3. The Morgan fingerprint density at radius 1 is 0.846 bits per heavy atom. The second kappa shape index (κ2) is 10.9. The predicted molar refractivity (Wildman–Crippen MR) is 148 cm³/mol. The Balaban J connectivity index is 1.18. The fourth-order valence-corrected chi connectivity index (χ4v) is 6.26. The molecule has 0 amide bonds. The van der Waals surface area contributed by atoms with Gasteiger partial charge in [-0.25, -0.2) is 0 Å². The van der Waals surface area contributed by atoms with Crippen LogP contribution in [-0.4, -0.2) is 86.0 Å². The van der Waals surface area contributed by atoms with Crippen molar-refractivity contribution in [1.82, 2.24) is 4.90 Å². The van der Waals surface area contributed by atoms with Gasteiger partial charge in [0.15, 0.2) is 17.9 Å². The Labute approximate surface area is 236 Å². The summed E-state index contributed by atoms with van der Waals surface area (Å²) in [4.78, 5) is 4.87. The van der Waals surface area contributed by atoms with E-state index < -0.39 is 17.9 Å². The van der Waals surface area contributed by atoms with Gasteiger partial charge in [0.1, 0.15) is 24.4 Å². The number of hydrogen-bond acceptors (Lipinski definition) is 8. The molecule has 212 valence electrons. The second-order valence-corrected chi connectivity index (χ2v) is 12.2. The summed E-state index contributed by atoms with van der Waals surface area (Å²) in [5, 5.41) is 0.741. The lowest BCUT2D eigenvalue weighted by molar-refractivity contribution is -0.238. The molecule has 6 atom stereocenters. The lowest BCUT2D eigenvalue weighted by Crippen LogP contribution is -2.62. The molecule has 4 fully saturated rings. The largest absolute Gasteiger partial charge is 0.375 e. The van der Waals surface area contributed by atoms with Crippen molar-refractivity contribution < 1.29 is 28.4 Å². The normalized spacial score (nSPS) is 33.6. The molecule has 8 nitrogen and oxygen atoms in total. The van der Waals surface area contributed by atoms with E-state index in [0.717, 1.165) is 30.3 Å². The molecule has 0 aromatic heterocycles. The Morgan fingerprint density at radius 3 is 2.31 bits per heavy atom. The Morgan fingerprint density at radius 2 is 1.54 bits per heavy atom. The van der Waals surface area contributed by atoms with Crippen LogP contribution in [-0.2, 0) is 35.0 Å². The number of benzene rings is 2. The molecule has 0 radical (unpaired) electrons. The van der Waals surface area contributed by atoms with E-state index in [1.165, 1.54) is 5.56 Å². The molecule has 4 aliphatic rings. The zero-order valence-electron chi connectivity index (χ0n) is 23.1. The summed E-state index contributed by atoms with van der Waals surface area (Å²) in [5.74, 6) is -1.45. The van der Waals surface area contributed by atoms with Gasteiger partial charge >= 0.3 is 0 Å².